The number of para-hydroxylation sites is 2. The highest BCUT2D eigenvalue weighted by Gasteiger charge is 2.23. The molecule has 21 heavy (non-hydrogen) atoms. The molecule has 7 nitrogen and oxygen atoms in total. The van der Waals surface area contributed by atoms with Crippen LogP contribution in [0.5, 0.6) is 0 Å². The van der Waals surface area contributed by atoms with Crippen LogP contribution < -0.4 is 10.6 Å². The summed E-state index contributed by atoms with van der Waals surface area (Å²) in [5, 5.41) is 17.0. The van der Waals surface area contributed by atoms with Crippen LogP contribution in [0.25, 0.3) is 0 Å². The Hall–Kier alpha value is -1.86. The topological polar surface area (TPSA) is 87.5 Å². The fraction of sp³-hybridized carbons (Fsp3) is 0.462. The van der Waals surface area contributed by atoms with E-state index >= 15 is 0 Å². The summed E-state index contributed by atoms with van der Waals surface area (Å²) in [5.74, 6) is -0.0443. The summed E-state index contributed by atoms with van der Waals surface area (Å²) in [6.45, 7) is 4.27. The highest BCUT2D eigenvalue weighted by atomic mass is 35.5. The highest BCUT2D eigenvalue weighted by Crippen LogP contribution is 2.22. The summed E-state index contributed by atoms with van der Waals surface area (Å²) in [6.07, 6.45) is 0. The molecule has 0 spiro atoms. The fourth-order valence-electron chi connectivity index (χ4n) is 2.27. The first-order valence-electron chi connectivity index (χ1n) is 6.57. The molecule has 1 unspecified atom stereocenters. The molecule has 2 rings (SSSR count). The van der Waals surface area contributed by atoms with E-state index in [2.05, 4.69) is 10.6 Å². The summed E-state index contributed by atoms with van der Waals surface area (Å²) < 4.78 is 0. The number of nitro groups is 1. The lowest BCUT2D eigenvalue weighted by molar-refractivity contribution is -0.383. The molecule has 116 valence electrons. The molecule has 1 aliphatic rings. The molecule has 1 heterocycles. The van der Waals surface area contributed by atoms with Crippen LogP contribution in [-0.4, -0.2) is 48.0 Å². The van der Waals surface area contributed by atoms with Gasteiger partial charge in [0.15, 0.2) is 0 Å². The number of rotatable bonds is 4. The number of halogens is 1. The monoisotopic (exact) mass is 314 g/mol. The van der Waals surface area contributed by atoms with E-state index in [1.54, 1.807) is 23.1 Å². The van der Waals surface area contributed by atoms with Gasteiger partial charge in [-0.3, -0.25) is 14.9 Å². The molecule has 1 atom stereocenters. The number of nitrogens with one attached hydrogen (secondary N) is 2. The first-order chi connectivity index (χ1) is 9.59. The first-order valence-corrected chi connectivity index (χ1v) is 6.57. The van der Waals surface area contributed by atoms with Gasteiger partial charge in [0.05, 0.1) is 11.5 Å². The van der Waals surface area contributed by atoms with Gasteiger partial charge in [0, 0.05) is 31.7 Å². The molecule has 1 amide bonds. The van der Waals surface area contributed by atoms with E-state index < -0.39 is 4.92 Å². The van der Waals surface area contributed by atoms with Gasteiger partial charge in [-0.2, -0.15) is 0 Å². The van der Waals surface area contributed by atoms with Gasteiger partial charge in [-0.1, -0.05) is 12.1 Å². The molecule has 1 aliphatic heterocycles. The predicted molar refractivity (Wildman–Crippen MR) is 82.9 cm³/mol. The zero-order valence-corrected chi connectivity index (χ0v) is 12.6. The Morgan fingerprint density at radius 2 is 2.24 bits per heavy atom. The minimum Gasteiger partial charge on any atom is -0.371 e. The Balaban J connectivity index is 0.00000220. The number of hydrogen-bond donors (Lipinski definition) is 2. The second-order valence-corrected chi connectivity index (χ2v) is 4.77. The number of amides is 1. The Bertz CT molecular complexity index is 512. The largest absolute Gasteiger partial charge is 0.371 e. The van der Waals surface area contributed by atoms with Crippen molar-refractivity contribution in [2.24, 2.45) is 0 Å². The van der Waals surface area contributed by atoms with Crippen molar-refractivity contribution in [1.82, 2.24) is 10.2 Å². The number of hydrogen-bond acceptors (Lipinski definition) is 5. The number of benzene rings is 1. The maximum Gasteiger partial charge on any atom is 0.292 e. The second-order valence-electron chi connectivity index (χ2n) is 4.77. The molecule has 0 bridgehead atoms. The number of piperazine rings is 1. The van der Waals surface area contributed by atoms with Crippen LogP contribution in [0.3, 0.4) is 0 Å². The maximum absolute atomic E-state index is 12.1. The van der Waals surface area contributed by atoms with Crippen molar-refractivity contribution < 1.29 is 9.72 Å². The number of carbonyl (C=O) groups is 1. The smallest absolute Gasteiger partial charge is 0.292 e. The van der Waals surface area contributed by atoms with E-state index in [9.17, 15) is 14.9 Å². The molecule has 1 aromatic rings. The average Bonchev–Trinajstić information content (AvgIpc) is 2.45. The van der Waals surface area contributed by atoms with E-state index in [1.165, 1.54) is 6.07 Å². The predicted octanol–water partition coefficient (Wildman–Crippen LogP) is 1.25. The van der Waals surface area contributed by atoms with Crippen molar-refractivity contribution in [3.63, 3.8) is 0 Å². The Morgan fingerprint density at radius 1 is 1.52 bits per heavy atom. The normalized spacial score (nSPS) is 17.8. The third-order valence-electron chi connectivity index (χ3n) is 3.35. The minimum absolute atomic E-state index is 0. The molecular weight excluding hydrogens is 296 g/mol. The number of nitrogens with zero attached hydrogens (tertiary/aromatic N) is 2. The molecule has 0 saturated carbocycles. The standard InChI is InChI=1S/C13H18N4O3.ClH/c1-10-8-14-6-7-16(10)13(18)9-15-11-4-2-3-5-12(11)17(19)20;/h2-5,10,14-15H,6-9H2,1H3;1H. The lowest BCUT2D eigenvalue weighted by Crippen LogP contribution is -2.53. The van der Waals surface area contributed by atoms with Crippen molar-refractivity contribution >= 4 is 29.7 Å². The third-order valence-corrected chi connectivity index (χ3v) is 3.35. The zero-order chi connectivity index (χ0) is 14.5. The van der Waals surface area contributed by atoms with E-state index in [0.29, 0.717) is 12.2 Å². The van der Waals surface area contributed by atoms with E-state index in [-0.39, 0.29) is 36.6 Å². The van der Waals surface area contributed by atoms with Crippen LogP contribution in [-0.2, 0) is 4.79 Å². The van der Waals surface area contributed by atoms with Crippen molar-refractivity contribution in [3.8, 4) is 0 Å². The number of anilines is 1. The van der Waals surface area contributed by atoms with Crippen molar-refractivity contribution in [2.45, 2.75) is 13.0 Å². The van der Waals surface area contributed by atoms with Crippen molar-refractivity contribution in [2.75, 3.05) is 31.5 Å². The van der Waals surface area contributed by atoms with Gasteiger partial charge in [-0.25, -0.2) is 0 Å². The van der Waals surface area contributed by atoms with Crippen molar-refractivity contribution in [1.29, 1.82) is 0 Å². The Kier molecular flexibility index (Phi) is 6.39. The SMILES string of the molecule is CC1CNCCN1C(=O)CNc1ccccc1[N+](=O)[O-].Cl. The summed E-state index contributed by atoms with van der Waals surface area (Å²) in [7, 11) is 0. The Morgan fingerprint density at radius 3 is 2.90 bits per heavy atom. The van der Waals surface area contributed by atoms with Crippen LogP contribution in [0.2, 0.25) is 0 Å². The maximum atomic E-state index is 12.1. The molecule has 8 heteroatoms. The highest BCUT2D eigenvalue weighted by molar-refractivity contribution is 5.85. The van der Waals surface area contributed by atoms with Gasteiger partial charge in [0.25, 0.3) is 5.69 Å². The molecule has 1 saturated heterocycles. The van der Waals surface area contributed by atoms with Crippen molar-refractivity contribution in [3.05, 3.63) is 34.4 Å². The summed E-state index contributed by atoms with van der Waals surface area (Å²) in [6, 6.07) is 6.47. The minimum atomic E-state index is -0.458. The van der Waals surface area contributed by atoms with Crippen LogP contribution in [0, 0.1) is 10.1 Å². The summed E-state index contributed by atoms with van der Waals surface area (Å²) in [4.78, 5) is 24.3. The molecule has 0 aromatic heterocycles. The fourth-order valence-corrected chi connectivity index (χ4v) is 2.27. The first kappa shape index (κ1) is 17.2. The van der Waals surface area contributed by atoms with E-state index in [1.807, 2.05) is 6.92 Å². The summed E-state index contributed by atoms with van der Waals surface area (Å²) >= 11 is 0. The molecule has 1 aromatic carbocycles. The van der Waals surface area contributed by atoms with Gasteiger partial charge in [0.2, 0.25) is 5.91 Å². The molecule has 2 N–H and O–H groups in total. The summed E-state index contributed by atoms with van der Waals surface area (Å²) in [5.41, 5.74) is 0.349. The lowest BCUT2D eigenvalue weighted by Gasteiger charge is -2.34. The van der Waals surface area contributed by atoms with Crippen LogP contribution >= 0.6 is 12.4 Å². The number of carbonyl (C=O) groups excluding carboxylic acids is 1. The van der Waals surface area contributed by atoms with Gasteiger partial charge in [-0.15, -0.1) is 12.4 Å². The van der Waals surface area contributed by atoms with Crippen LogP contribution in [0.4, 0.5) is 11.4 Å². The lowest BCUT2D eigenvalue weighted by atomic mass is 10.2. The third kappa shape index (κ3) is 4.30. The number of nitro benzene ring substituents is 1. The van der Waals surface area contributed by atoms with Gasteiger partial charge < -0.3 is 15.5 Å². The molecular formula is C13H19ClN4O3. The Labute approximate surface area is 129 Å². The van der Waals surface area contributed by atoms with Gasteiger partial charge in [-0.05, 0) is 13.0 Å². The molecule has 1 fully saturated rings. The van der Waals surface area contributed by atoms with E-state index in [4.69, 9.17) is 0 Å². The van der Waals surface area contributed by atoms with Gasteiger partial charge in [0.1, 0.15) is 5.69 Å². The van der Waals surface area contributed by atoms with E-state index in [0.717, 1.165) is 13.1 Å². The average molecular weight is 315 g/mol. The molecule has 0 aliphatic carbocycles. The van der Waals surface area contributed by atoms with Crippen LogP contribution in [0.1, 0.15) is 6.92 Å². The second kappa shape index (κ2) is 7.80. The van der Waals surface area contributed by atoms with Crippen LogP contribution in [0.15, 0.2) is 24.3 Å². The van der Waals surface area contributed by atoms with Gasteiger partial charge >= 0.3 is 0 Å². The zero-order valence-electron chi connectivity index (χ0n) is 11.7. The quantitative estimate of drug-likeness (QED) is 0.645. The molecule has 0 radical (unpaired) electrons.